The van der Waals surface area contributed by atoms with Crippen LogP contribution in [-0.2, 0) is 4.79 Å². The van der Waals surface area contributed by atoms with Gasteiger partial charge in [-0.2, -0.15) is 5.10 Å². The van der Waals surface area contributed by atoms with Gasteiger partial charge in [0, 0.05) is 11.6 Å². The van der Waals surface area contributed by atoms with E-state index in [9.17, 15) is 4.79 Å². The topological polar surface area (TPSA) is 80.4 Å². The van der Waals surface area contributed by atoms with Gasteiger partial charge in [-0.3, -0.25) is 9.78 Å². The standard InChI is InChI=1S/C16H20N4O/c1-3-11(2)15(17)16(21)20-19-10-12-6-7-14-13(9-12)5-4-8-18-14/h4-11,15H,3,17H2,1-2H3,(H,20,21)/b19-10-/t11-,15-/m1/s1. The molecule has 2 rings (SSSR count). The zero-order chi connectivity index (χ0) is 15.2. The van der Waals surface area contributed by atoms with Crippen molar-refractivity contribution in [2.24, 2.45) is 16.8 Å². The van der Waals surface area contributed by atoms with Crippen LogP contribution in [0.5, 0.6) is 0 Å². The number of nitrogens with two attached hydrogens (primary N) is 1. The normalized spacial score (nSPS) is 14.2. The monoisotopic (exact) mass is 284 g/mol. The number of hydrogen-bond donors (Lipinski definition) is 2. The second-order valence-electron chi connectivity index (χ2n) is 5.10. The zero-order valence-electron chi connectivity index (χ0n) is 12.3. The third-order valence-electron chi connectivity index (χ3n) is 3.58. The van der Waals surface area contributed by atoms with E-state index in [-0.39, 0.29) is 11.8 Å². The average Bonchev–Trinajstić information content (AvgIpc) is 2.53. The van der Waals surface area contributed by atoms with Crippen molar-refractivity contribution in [1.82, 2.24) is 10.4 Å². The Labute approximate surface area is 124 Å². The molecular formula is C16H20N4O. The van der Waals surface area contributed by atoms with Crippen molar-refractivity contribution in [2.75, 3.05) is 0 Å². The maximum Gasteiger partial charge on any atom is 0.257 e. The maximum atomic E-state index is 11.8. The lowest BCUT2D eigenvalue weighted by Crippen LogP contribution is -2.42. The first-order chi connectivity index (χ1) is 10.1. The van der Waals surface area contributed by atoms with Crippen molar-refractivity contribution in [3.63, 3.8) is 0 Å². The highest BCUT2D eigenvalue weighted by Gasteiger charge is 2.18. The number of carbonyl (C=O) groups is 1. The first kappa shape index (κ1) is 15.1. The minimum atomic E-state index is -0.534. The number of aromatic nitrogens is 1. The molecule has 3 N–H and O–H groups in total. The first-order valence-electron chi connectivity index (χ1n) is 7.05. The van der Waals surface area contributed by atoms with E-state index >= 15 is 0 Å². The molecule has 5 heteroatoms. The summed E-state index contributed by atoms with van der Waals surface area (Å²) in [6, 6.07) is 9.12. The van der Waals surface area contributed by atoms with Gasteiger partial charge in [-0.05, 0) is 29.7 Å². The van der Waals surface area contributed by atoms with Crippen LogP contribution < -0.4 is 11.2 Å². The van der Waals surface area contributed by atoms with Crippen molar-refractivity contribution >= 4 is 23.0 Å². The van der Waals surface area contributed by atoms with Gasteiger partial charge in [-0.15, -0.1) is 0 Å². The summed E-state index contributed by atoms with van der Waals surface area (Å²) in [5.74, 6) is -0.130. The summed E-state index contributed by atoms with van der Waals surface area (Å²) >= 11 is 0. The molecule has 0 spiro atoms. The number of benzene rings is 1. The fraction of sp³-hybridized carbons (Fsp3) is 0.312. The molecule has 0 aliphatic heterocycles. The predicted molar refractivity (Wildman–Crippen MR) is 84.9 cm³/mol. The summed E-state index contributed by atoms with van der Waals surface area (Å²) in [6.45, 7) is 3.95. The lowest BCUT2D eigenvalue weighted by molar-refractivity contribution is -0.123. The summed E-state index contributed by atoms with van der Waals surface area (Å²) in [4.78, 5) is 16.0. The molecule has 0 aliphatic carbocycles. The van der Waals surface area contributed by atoms with E-state index in [0.29, 0.717) is 0 Å². The number of nitrogens with zero attached hydrogens (tertiary/aromatic N) is 2. The van der Waals surface area contributed by atoms with Gasteiger partial charge in [0.05, 0.1) is 17.8 Å². The fourth-order valence-electron chi connectivity index (χ4n) is 1.93. The number of carbonyl (C=O) groups excluding carboxylic acids is 1. The van der Waals surface area contributed by atoms with E-state index in [1.54, 1.807) is 12.4 Å². The molecule has 0 aliphatic rings. The first-order valence-corrected chi connectivity index (χ1v) is 7.05. The Morgan fingerprint density at radius 1 is 1.48 bits per heavy atom. The molecule has 0 saturated heterocycles. The molecule has 1 amide bonds. The molecule has 1 aromatic heterocycles. The van der Waals surface area contributed by atoms with Crippen LogP contribution >= 0.6 is 0 Å². The van der Waals surface area contributed by atoms with Gasteiger partial charge in [-0.1, -0.05) is 32.4 Å². The van der Waals surface area contributed by atoms with Crippen molar-refractivity contribution in [3.8, 4) is 0 Å². The molecule has 5 nitrogen and oxygen atoms in total. The third kappa shape index (κ3) is 3.86. The van der Waals surface area contributed by atoms with E-state index in [0.717, 1.165) is 22.9 Å². The molecule has 0 saturated carbocycles. The highest BCUT2D eigenvalue weighted by molar-refractivity contribution is 5.89. The Morgan fingerprint density at radius 2 is 2.29 bits per heavy atom. The van der Waals surface area contributed by atoms with E-state index in [1.165, 1.54) is 0 Å². The Hall–Kier alpha value is -2.27. The van der Waals surface area contributed by atoms with Gasteiger partial charge in [0.15, 0.2) is 0 Å². The number of rotatable bonds is 5. The van der Waals surface area contributed by atoms with E-state index in [4.69, 9.17) is 5.73 Å². The molecule has 0 unspecified atom stereocenters. The quantitative estimate of drug-likeness (QED) is 0.651. The van der Waals surface area contributed by atoms with Gasteiger partial charge >= 0.3 is 0 Å². The molecular weight excluding hydrogens is 264 g/mol. The number of hydrogen-bond acceptors (Lipinski definition) is 4. The fourth-order valence-corrected chi connectivity index (χ4v) is 1.93. The smallest absolute Gasteiger partial charge is 0.257 e. The highest BCUT2D eigenvalue weighted by Crippen LogP contribution is 2.11. The number of amides is 1. The Balaban J connectivity index is 2.01. The van der Waals surface area contributed by atoms with Crippen LogP contribution in [0.4, 0.5) is 0 Å². The molecule has 0 bridgehead atoms. The third-order valence-corrected chi connectivity index (χ3v) is 3.58. The largest absolute Gasteiger partial charge is 0.320 e. The van der Waals surface area contributed by atoms with Gasteiger partial charge in [-0.25, -0.2) is 5.43 Å². The molecule has 2 atom stereocenters. The maximum absolute atomic E-state index is 11.8. The van der Waals surface area contributed by atoms with Crippen LogP contribution in [0, 0.1) is 5.92 Å². The number of nitrogens with one attached hydrogen (secondary N) is 1. The molecule has 110 valence electrons. The summed E-state index contributed by atoms with van der Waals surface area (Å²) in [5, 5.41) is 4.99. The van der Waals surface area contributed by atoms with Crippen LogP contribution in [0.25, 0.3) is 10.9 Å². The molecule has 0 fully saturated rings. The van der Waals surface area contributed by atoms with Gasteiger partial charge in [0.25, 0.3) is 5.91 Å². The zero-order valence-corrected chi connectivity index (χ0v) is 12.3. The van der Waals surface area contributed by atoms with Crippen molar-refractivity contribution in [1.29, 1.82) is 0 Å². The molecule has 0 radical (unpaired) electrons. The van der Waals surface area contributed by atoms with Crippen molar-refractivity contribution in [3.05, 3.63) is 42.1 Å². The van der Waals surface area contributed by atoms with E-state index < -0.39 is 6.04 Å². The Morgan fingerprint density at radius 3 is 3.05 bits per heavy atom. The van der Waals surface area contributed by atoms with Crippen LogP contribution in [0.2, 0.25) is 0 Å². The number of hydrazone groups is 1. The Bertz CT molecular complexity index is 654. The van der Waals surface area contributed by atoms with Crippen LogP contribution in [0.15, 0.2) is 41.6 Å². The average molecular weight is 284 g/mol. The second kappa shape index (κ2) is 6.95. The summed E-state index contributed by atoms with van der Waals surface area (Å²) in [6.07, 6.45) is 4.22. The predicted octanol–water partition coefficient (Wildman–Crippen LogP) is 2.06. The molecule has 2 aromatic rings. The highest BCUT2D eigenvalue weighted by atomic mass is 16.2. The second-order valence-corrected chi connectivity index (χ2v) is 5.10. The van der Waals surface area contributed by atoms with E-state index in [2.05, 4.69) is 15.5 Å². The van der Waals surface area contributed by atoms with Crippen LogP contribution in [-0.4, -0.2) is 23.1 Å². The van der Waals surface area contributed by atoms with Gasteiger partial charge in [0.2, 0.25) is 0 Å². The summed E-state index contributed by atoms with van der Waals surface area (Å²) < 4.78 is 0. The number of pyridine rings is 1. The Kier molecular flexibility index (Phi) is 5.00. The SMILES string of the molecule is CC[C@@H](C)[C@@H](N)C(=O)N/N=C\c1ccc2ncccc2c1. The summed E-state index contributed by atoms with van der Waals surface area (Å²) in [5.41, 5.74) is 10.1. The minimum absolute atomic E-state index is 0.131. The molecule has 21 heavy (non-hydrogen) atoms. The van der Waals surface area contributed by atoms with Crippen molar-refractivity contribution in [2.45, 2.75) is 26.3 Å². The minimum Gasteiger partial charge on any atom is -0.320 e. The lowest BCUT2D eigenvalue weighted by atomic mass is 10.00. The van der Waals surface area contributed by atoms with Crippen molar-refractivity contribution < 1.29 is 4.79 Å². The molecule has 1 aromatic carbocycles. The van der Waals surface area contributed by atoms with Gasteiger partial charge in [0.1, 0.15) is 0 Å². The number of fused-ring (bicyclic) bond motifs is 1. The van der Waals surface area contributed by atoms with Crippen LogP contribution in [0.1, 0.15) is 25.8 Å². The molecule has 1 heterocycles. The summed E-state index contributed by atoms with van der Waals surface area (Å²) in [7, 11) is 0. The van der Waals surface area contributed by atoms with Crippen LogP contribution in [0.3, 0.4) is 0 Å². The van der Waals surface area contributed by atoms with E-state index in [1.807, 2.05) is 44.2 Å². The lowest BCUT2D eigenvalue weighted by Gasteiger charge is -2.15. The van der Waals surface area contributed by atoms with Gasteiger partial charge < -0.3 is 5.73 Å².